The van der Waals surface area contributed by atoms with E-state index in [-0.39, 0.29) is 30.2 Å². The van der Waals surface area contributed by atoms with E-state index in [1.807, 2.05) is 58.5 Å². The highest BCUT2D eigenvalue weighted by molar-refractivity contribution is 7.10. The van der Waals surface area contributed by atoms with Crippen molar-refractivity contribution >= 4 is 28.8 Å². The van der Waals surface area contributed by atoms with Gasteiger partial charge in [0.05, 0.1) is 12.0 Å². The second-order valence-corrected chi connectivity index (χ2v) is 8.42. The molecule has 2 aromatic rings. The Bertz CT molecular complexity index is 847. The van der Waals surface area contributed by atoms with E-state index >= 15 is 0 Å². The summed E-state index contributed by atoms with van der Waals surface area (Å²) in [6, 6.07) is 11.8. The number of rotatable bonds is 3. The molecule has 0 N–H and O–H groups in total. The number of nitrogens with zero attached hydrogens (tertiary/aromatic N) is 2. The van der Waals surface area contributed by atoms with E-state index in [9.17, 15) is 9.59 Å². The number of carbonyl (C=O) groups excluding carboxylic acids is 2. The SMILES string of the molecule is C=C1CCN(C(=O)C2CC(=O)N(c3ccc(C)cc3)C2c2cccs2)CC1. The molecule has 1 aromatic heterocycles. The smallest absolute Gasteiger partial charge is 0.228 e. The molecule has 2 unspecified atom stereocenters. The van der Waals surface area contributed by atoms with Crippen LogP contribution in [0.4, 0.5) is 5.69 Å². The van der Waals surface area contributed by atoms with Crippen LogP contribution in [0.1, 0.15) is 35.7 Å². The zero-order valence-corrected chi connectivity index (χ0v) is 16.4. The maximum atomic E-state index is 13.3. The lowest BCUT2D eigenvalue weighted by atomic mass is 9.95. The van der Waals surface area contributed by atoms with Crippen molar-refractivity contribution in [1.29, 1.82) is 0 Å². The second kappa shape index (κ2) is 7.31. The Morgan fingerprint density at radius 2 is 1.85 bits per heavy atom. The second-order valence-electron chi connectivity index (χ2n) is 7.45. The third kappa shape index (κ3) is 3.44. The number of anilines is 1. The molecule has 3 heterocycles. The van der Waals surface area contributed by atoms with Gasteiger partial charge < -0.3 is 9.80 Å². The highest BCUT2D eigenvalue weighted by Gasteiger charge is 2.47. The van der Waals surface area contributed by atoms with Gasteiger partial charge in [-0.15, -0.1) is 11.3 Å². The van der Waals surface area contributed by atoms with Crippen LogP contribution in [0, 0.1) is 12.8 Å². The minimum atomic E-state index is -0.330. The van der Waals surface area contributed by atoms with Gasteiger partial charge in [0, 0.05) is 30.1 Å². The van der Waals surface area contributed by atoms with Crippen molar-refractivity contribution in [2.24, 2.45) is 5.92 Å². The number of hydrogen-bond acceptors (Lipinski definition) is 3. The summed E-state index contributed by atoms with van der Waals surface area (Å²) in [7, 11) is 0. The Hall–Kier alpha value is -2.40. The van der Waals surface area contributed by atoms with Crippen LogP contribution in [0.3, 0.4) is 0 Å². The van der Waals surface area contributed by atoms with Crippen LogP contribution in [0.15, 0.2) is 53.9 Å². The Kier molecular flexibility index (Phi) is 4.87. The first-order valence-corrected chi connectivity index (χ1v) is 10.3. The van der Waals surface area contributed by atoms with Gasteiger partial charge in [0.2, 0.25) is 11.8 Å². The molecule has 2 aliphatic rings. The number of carbonyl (C=O) groups is 2. The number of piperidine rings is 1. The summed E-state index contributed by atoms with van der Waals surface area (Å²) in [6.07, 6.45) is 1.99. The Morgan fingerprint density at radius 1 is 1.15 bits per heavy atom. The fraction of sp³-hybridized carbons (Fsp3) is 0.364. The lowest BCUT2D eigenvalue weighted by molar-refractivity contribution is -0.137. The van der Waals surface area contributed by atoms with Gasteiger partial charge in [-0.1, -0.05) is 35.9 Å². The predicted molar refractivity (Wildman–Crippen MR) is 109 cm³/mol. The summed E-state index contributed by atoms with van der Waals surface area (Å²) in [5.74, 6) is -0.204. The quantitative estimate of drug-likeness (QED) is 0.744. The Morgan fingerprint density at radius 3 is 2.48 bits per heavy atom. The molecule has 4 nitrogen and oxygen atoms in total. The molecule has 4 rings (SSSR count). The topological polar surface area (TPSA) is 40.6 Å². The first kappa shape index (κ1) is 18.0. The van der Waals surface area contributed by atoms with E-state index in [1.165, 1.54) is 5.57 Å². The summed E-state index contributed by atoms with van der Waals surface area (Å²) >= 11 is 1.61. The predicted octanol–water partition coefficient (Wildman–Crippen LogP) is 4.33. The van der Waals surface area contributed by atoms with E-state index in [0.29, 0.717) is 13.1 Å². The number of amides is 2. The minimum Gasteiger partial charge on any atom is -0.342 e. The highest BCUT2D eigenvalue weighted by atomic mass is 32.1. The van der Waals surface area contributed by atoms with Crippen LogP contribution < -0.4 is 4.90 Å². The van der Waals surface area contributed by atoms with E-state index in [4.69, 9.17) is 0 Å². The average molecular weight is 381 g/mol. The van der Waals surface area contributed by atoms with Crippen LogP contribution in [-0.2, 0) is 9.59 Å². The summed E-state index contributed by atoms with van der Waals surface area (Å²) in [6.45, 7) is 7.49. The molecule has 0 radical (unpaired) electrons. The number of aryl methyl sites for hydroxylation is 1. The third-order valence-corrected chi connectivity index (χ3v) is 6.51. The summed E-state index contributed by atoms with van der Waals surface area (Å²) in [4.78, 5) is 31.1. The van der Waals surface area contributed by atoms with E-state index in [1.54, 1.807) is 11.3 Å². The van der Waals surface area contributed by atoms with Crippen molar-refractivity contribution in [3.63, 3.8) is 0 Å². The molecule has 0 saturated carbocycles. The Balaban J connectivity index is 1.67. The monoisotopic (exact) mass is 380 g/mol. The highest BCUT2D eigenvalue weighted by Crippen LogP contribution is 2.44. The molecule has 2 saturated heterocycles. The van der Waals surface area contributed by atoms with Crippen LogP contribution in [0.25, 0.3) is 0 Å². The van der Waals surface area contributed by atoms with Gasteiger partial charge in [-0.2, -0.15) is 0 Å². The maximum absolute atomic E-state index is 13.3. The van der Waals surface area contributed by atoms with Gasteiger partial charge in [-0.3, -0.25) is 9.59 Å². The molecule has 0 bridgehead atoms. The first-order valence-electron chi connectivity index (χ1n) is 9.42. The number of thiophene rings is 1. The largest absolute Gasteiger partial charge is 0.342 e. The molecular weight excluding hydrogens is 356 g/mol. The van der Waals surface area contributed by atoms with Crippen molar-refractivity contribution in [2.75, 3.05) is 18.0 Å². The summed E-state index contributed by atoms with van der Waals surface area (Å²) in [5, 5.41) is 2.01. The number of hydrogen-bond donors (Lipinski definition) is 0. The zero-order valence-electron chi connectivity index (χ0n) is 15.6. The molecule has 0 aliphatic carbocycles. The molecule has 27 heavy (non-hydrogen) atoms. The van der Waals surface area contributed by atoms with E-state index in [2.05, 4.69) is 6.58 Å². The fourth-order valence-corrected chi connectivity index (χ4v) is 4.91. The molecule has 2 aliphatic heterocycles. The molecular formula is C22H24N2O2S. The van der Waals surface area contributed by atoms with E-state index < -0.39 is 0 Å². The molecule has 0 spiro atoms. The van der Waals surface area contributed by atoms with E-state index in [0.717, 1.165) is 29.0 Å². The van der Waals surface area contributed by atoms with Crippen LogP contribution >= 0.6 is 11.3 Å². The van der Waals surface area contributed by atoms with Gasteiger partial charge in [-0.25, -0.2) is 0 Å². The summed E-state index contributed by atoms with van der Waals surface area (Å²) in [5.41, 5.74) is 3.23. The van der Waals surface area contributed by atoms with Crippen molar-refractivity contribution in [3.05, 3.63) is 64.4 Å². The lowest BCUT2D eigenvalue weighted by Gasteiger charge is -2.33. The van der Waals surface area contributed by atoms with Crippen LogP contribution in [0.5, 0.6) is 0 Å². The van der Waals surface area contributed by atoms with Crippen LogP contribution in [0.2, 0.25) is 0 Å². The van der Waals surface area contributed by atoms with Crippen molar-refractivity contribution in [1.82, 2.24) is 4.90 Å². The molecule has 5 heteroatoms. The third-order valence-electron chi connectivity index (χ3n) is 5.57. The molecule has 1 aromatic carbocycles. The normalized spacial score (nSPS) is 23.1. The zero-order chi connectivity index (χ0) is 19.0. The standard InChI is InChI=1S/C22H24N2O2S/c1-15-5-7-17(8-6-15)24-20(25)14-18(21(24)19-4-3-13-27-19)22(26)23-11-9-16(2)10-12-23/h3-8,13,18,21H,2,9-12,14H2,1H3. The lowest BCUT2D eigenvalue weighted by Crippen LogP contribution is -2.42. The number of likely N-dealkylation sites (tertiary alicyclic amines) is 1. The van der Waals surface area contributed by atoms with Gasteiger partial charge in [0.1, 0.15) is 0 Å². The fourth-order valence-electron chi connectivity index (χ4n) is 4.03. The van der Waals surface area contributed by atoms with Crippen molar-refractivity contribution < 1.29 is 9.59 Å². The molecule has 2 fully saturated rings. The van der Waals surface area contributed by atoms with Gasteiger partial charge in [0.15, 0.2) is 0 Å². The molecule has 140 valence electrons. The van der Waals surface area contributed by atoms with Gasteiger partial charge >= 0.3 is 0 Å². The average Bonchev–Trinajstić information content (AvgIpc) is 3.30. The van der Waals surface area contributed by atoms with Gasteiger partial charge in [-0.05, 0) is 43.3 Å². The van der Waals surface area contributed by atoms with Gasteiger partial charge in [0.25, 0.3) is 0 Å². The van der Waals surface area contributed by atoms with Crippen molar-refractivity contribution in [3.8, 4) is 0 Å². The Labute approximate surface area is 164 Å². The number of benzene rings is 1. The molecule has 2 atom stereocenters. The van der Waals surface area contributed by atoms with Crippen molar-refractivity contribution in [2.45, 2.75) is 32.2 Å². The minimum absolute atomic E-state index is 0.0250. The summed E-state index contributed by atoms with van der Waals surface area (Å²) < 4.78 is 0. The van der Waals surface area contributed by atoms with Crippen LogP contribution in [-0.4, -0.2) is 29.8 Å². The molecule has 2 amide bonds. The first-order chi connectivity index (χ1) is 13.0. The maximum Gasteiger partial charge on any atom is 0.228 e.